The standard InChI is InChI=1S/C81H64N4/c1-79(2,3)81(80(4,5)6)77-62-45-40-58(82(54-25-11-7-12-26-54)60-42-47-74-70(51-60)64-34-21-23-37-72(64)84(74)56-29-15-9-16-30-56)49-53(62)39-44-68(77)76-66-36-20-19-33-63(66)69-50-59(41-46-67(69)78(76)81)83(55-27-13-8-14-28-55)61-43-48-75-71(52-61)65-35-22-24-38-73(65)85(75)57-31-17-10-18-32-57/h7-52H,1-6H3. The first kappa shape index (κ1) is 50.6. The fourth-order valence-electron chi connectivity index (χ4n) is 15.8. The van der Waals surface area contributed by atoms with E-state index in [0.29, 0.717) is 0 Å². The molecule has 0 N–H and O–H groups in total. The van der Waals surface area contributed by atoms with Crippen LogP contribution in [0.3, 0.4) is 0 Å². The summed E-state index contributed by atoms with van der Waals surface area (Å²) in [6, 6.07) is 104. The molecule has 0 spiro atoms. The number of fused-ring (bicyclic) bond motifs is 16. The van der Waals surface area contributed by atoms with Crippen LogP contribution in [0.25, 0.3) is 98.4 Å². The Morgan fingerprint density at radius 1 is 0.271 bits per heavy atom. The molecule has 2 heterocycles. The molecule has 0 fully saturated rings. The van der Waals surface area contributed by atoms with Gasteiger partial charge in [0.25, 0.3) is 0 Å². The third-order valence-corrected chi connectivity index (χ3v) is 18.7. The number of anilines is 6. The van der Waals surface area contributed by atoms with Crippen molar-refractivity contribution in [3.63, 3.8) is 0 Å². The number of hydrogen-bond acceptors (Lipinski definition) is 2. The zero-order valence-electron chi connectivity index (χ0n) is 48.8. The lowest BCUT2D eigenvalue weighted by Crippen LogP contribution is -2.50. The van der Waals surface area contributed by atoms with Crippen LogP contribution in [0.5, 0.6) is 0 Å². The predicted octanol–water partition coefficient (Wildman–Crippen LogP) is 22.6. The van der Waals surface area contributed by atoms with Gasteiger partial charge in [-0.1, -0.05) is 199 Å². The van der Waals surface area contributed by atoms with Crippen LogP contribution in [0.4, 0.5) is 34.1 Å². The molecule has 15 aromatic rings. The number of para-hydroxylation sites is 6. The monoisotopic (exact) mass is 1090 g/mol. The molecule has 0 saturated carbocycles. The van der Waals surface area contributed by atoms with Gasteiger partial charge in [-0.25, -0.2) is 0 Å². The fraction of sp³-hybridized carbons (Fsp3) is 0.111. The molecule has 13 aromatic carbocycles. The minimum Gasteiger partial charge on any atom is -0.310 e. The highest BCUT2D eigenvalue weighted by Crippen LogP contribution is 2.68. The van der Waals surface area contributed by atoms with E-state index in [2.05, 4.69) is 340 Å². The molecule has 0 radical (unpaired) electrons. The molecule has 16 rings (SSSR count). The number of nitrogens with zero attached hydrogens (tertiary/aromatic N) is 4. The maximum Gasteiger partial charge on any atom is 0.0542 e. The number of hydrogen-bond donors (Lipinski definition) is 0. The van der Waals surface area contributed by atoms with Crippen LogP contribution < -0.4 is 9.80 Å². The Hall–Kier alpha value is -10.2. The zero-order chi connectivity index (χ0) is 57.3. The molecule has 0 bridgehead atoms. The van der Waals surface area contributed by atoms with Gasteiger partial charge in [0.15, 0.2) is 0 Å². The van der Waals surface area contributed by atoms with Crippen molar-refractivity contribution >= 4 is 110 Å². The molecule has 0 saturated heterocycles. The predicted molar refractivity (Wildman–Crippen MR) is 362 cm³/mol. The molecular weight excluding hydrogens is 1030 g/mol. The van der Waals surface area contributed by atoms with E-state index < -0.39 is 5.41 Å². The van der Waals surface area contributed by atoms with Crippen molar-refractivity contribution in [2.75, 3.05) is 9.80 Å². The Kier molecular flexibility index (Phi) is 11.3. The van der Waals surface area contributed by atoms with Gasteiger partial charge in [0.1, 0.15) is 0 Å². The SMILES string of the molecule is CC(C)(C)C1(C(C)(C)C)c2c(ccc3cc(N(c4ccccc4)c4ccc5c(c4)c4ccccc4n5-c4ccccc4)ccc23)-c2c1c1ccc(N(c3ccccc3)c3ccc4c(c3)c3ccccc3n4-c3ccccc3)cc1c1ccccc21. The second kappa shape index (κ2) is 18.9. The normalized spacial score (nSPS) is 13.2. The molecule has 1 aliphatic rings. The molecule has 0 aliphatic heterocycles. The summed E-state index contributed by atoms with van der Waals surface area (Å²) >= 11 is 0. The van der Waals surface area contributed by atoms with Gasteiger partial charge in [0.05, 0.1) is 22.1 Å². The van der Waals surface area contributed by atoms with Gasteiger partial charge >= 0.3 is 0 Å². The van der Waals surface area contributed by atoms with Gasteiger partial charge in [-0.05, 0) is 187 Å². The Morgan fingerprint density at radius 2 is 0.659 bits per heavy atom. The first-order valence-corrected chi connectivity index (χ1v) is 29.9. The molecule has 4 heteroatoms. The highest BCUT2D eigenvalue weighted by atomic mass is 15.1. The van der Waals surface area contributed by atoms with E-state index in [4.69, 9.17) is 0 Å². The van der Waals surface area contributed by atoms with E-state index in [1.807, 2.05) is 0 Å². The molecule has 0 amide bonds. The summed E-state index contributed by atoms with van der Waals surface area (Å²) in [5.74, 6) is 0. The summed E-state index contributed by atoms with van der Waals surface area (Å²) in [5.41, 5.74) is 18.4. The van der Waals surface area contributed by atoms with Gasteiger partial charge in [-0.3, -0.25) is 0 Å². The van der Waals surface area contributed by atoms with E-state index in [1.165, 1.54) is 98.2 Å². The second-order valence-corrected chi connectivity index (χ2v) is 25.3. The molecular formula is C81H64N4. The van der Waals surface area contributed by atoms with Crippen molar-refractivity contribution in [3.05, 3.63) is 290 Å². The lowest BCUT2D eigenvalue weighted by molar-refractivity contribution is 0.0977. The van der Waals surface area contributed by atoms with Crippen molar-refractivity contribution in [1.82, 2.24) is 9.13 Å². The minimum absolute atomic E-state index is 0.235. The highest BCUT2D eigenvalue weighted by Gasteiger charge is 2.59. The van der Waals surface area contributed by atoms with Gasteiger partial charge in [-0.2, -0.15) is 0 Å². The molecule has 0 atom stereocenters. The Bertz CT molecular complexity index is 5120. The van der Waals surface area contributed by atoms with Crippen LogP contribution in [0, 0.1) is 10.8 Å². The zero-order valence-corrected chi connectivity index (χ0v) is 48.8. The van der Waals surface area contributed by atoms with Crippen LogP contribution >= 0.6 is 0 Å². The Balaban J connectivity index is 0.894. The van der Waals surface area contributed by atoms with E-state index >= 15 is 0 Å². The Labute approximate surface area is 496 Å². The van der Waals surface area contributed by atoms with E-state index in [-0.39, 0.29) is 10.8 Å². The highest BCUT2D eigenvalue weighted by molar-refractivity contribution is 6.21. The van der Waals surface area contributed by atoms with E-state index in [0.717, 1.165) is 45.5 Å². The fourth-order valence-corrected chi connectivity index (χ4v) is 15.8. The van der Waals surface area contributed by atoms with Gasteiger partial charge in [-0.15, -0.1) is 0 Å². The second-order valence-electron chi connectivity index (χ2n) is 25.3. The van der Waals surface area contributed by atoms with Crippen LogP contribution in [-0.2, 0) is 5.41 Å². The maximum atomic E-state index is 2.49. The summed E-state index contributed by atoms with van der Waals surface area (Å²) in [6.45, 7) is 14.9. The summed E-state index contributed by atoms with van der Waals surface area (Å²) in [5, 5.41) is 12.5. The van der Waals surface area contributed by atoms with Crippen molar-refractivity contribution in [2.24, 2.45) is 10.8 Å². The number of rotatable bonds is 8. The minimum atomic E-state index is -0.441. The van der Waals surface area contributed by atoms with Crippen LogP contribution in [0.15, 0.2) is 279 Å². The average Bonchev–Trinajstić information content (AvgIpc) is 1.71. The lowest BCUT2D eigenvalue weighted by atomic mass is 9.49. The third kappa shape index (κ3) is 7.47. The first-order chi connectivity index (χ1) is 41.5. The summed E-state index contributed by atoms with van der Waals surface area (Å²) in [7, 11) is 0. The number of benzene rings is 13. The van der Waals surface area contributed by atoms with Crippen LogP contribution in [0.1, 0.15) is 52.7 Å². The smallest absolute Gasteiger partial charge is 0.0542 e. The van der Waals surface area contributed by atoms with Crippen LogP contribution in [0.2, 0.25) is 0 Å². The molecule has 2 aromatic heterocycles. The van der Waals surface area contributed by atoms with Gasteiger partial charge in [0, 0.05) is 72.5 Å². The summed E-state index contributed by atoms with van der Waals surface area (Å²) < 4.78 is 4.79. The van der Waals surface area contributed by atoms with Crippen molar-refractivity contribution < 1.29 is 0 Å². The molecule has 0 unspecified atom stereocenters. The van der Waals surface area contributed by atoms with Crippen molar-refractivity contribution in [1.29, 1.82) is 0 Å². The van der Waals surface area contributed by atoms with Gasteiger partial charge < -0.3 is 18.9 Å². The van der Waals surface area contributed by atoms with Crippen LogP contribution in [-0.4, -0.2) is 9.13 Å². The van der Waals surface area contributed by atoms with Crippen molar-refractivity contribution in [3.8, 4) is 22.5 Å². The topological polar surface area (TPSA) is 16.3 Å². The third-order valence-electron chi connectivity index (χ3n) is 18.7. The molecule has 85 heavy (non-hydrogen) atoms. The lowest BCUT2D eigenvalue weighted by Gasteiger charge is -2.54. The van der Waals surface area contributed by atoms with Gasteiger partial charge in [0.2, 0.25) is 0 Å². The average molecular weight is 1090 g/mol. The molecule has 408 valence electrons. The Morgan fingerprint density at radius 3 is 1.15 bits per heavy atom. The van der Waals surface area contributed by atoms with E-state index in [9.17, 15) is 0 Å². The molecule has 4 nitrogen and oxygen atoms in total. The largest absolute Gasteiger partial charge is 0.310 e. The van der Waals surface area contributed by atoms with E-state index in [1.54, 1.807) is 0 Å². The molecule has 1 aliphatic carbocycles. The summed E-state index contributed by atoms with van der Waals surface area (Å²) in [6.07, 6.45) is 0. The maximum absolute atomic E-state index is 2.49. The first-order valence-electron chi connectivity index (χ1n) is 29.9. The number of aromatic nitrogens is 2. The summed E-state index contributed by atoms with van der Waals surface area (Å²) in [4.78, 5) is 4.89. The van der Waals surface area contributed by atoms with Crippen molar-refractivity contribution in [2.45, 2.75) is 47.0 Å². The quantitative estimate of drug-likeness (QED) is 0.141.